The van der Waals surface area contributed by atoms with Crippen molar-refractivity contribution >= 4 is 27.2 Å². The molecule has 0 atom stereocenters. The number of nitrogens with zero attached hydrogens (tertiary/aromatic N) is 2. The number of rotatable bonds is 4. The van der Waals surface area contributed by atoms with Crippen LogP contribution >= 0.6 is 11.3 Å². The van der Waals surface area contributed by atoms with Crippen LogP contribution < -0.4 is 5.56 Å². The maximum absolute atomic E-state index is 13.1. The fraction of sp³-hybridized carbons (Fsp3) is 0.0526. The van der Waals surface area contributed by atoms with E-state index in [1.165, 1.54) is 35.6 Å². The van der Waals surface area contributed by atoms with Crippen molar-refractivity contribution in [1.82, 2.24) is 9.97 Å². The predicted octanol–water partition coefficient (Wildman–Crippen LogP) is 4.29. The average Bonchev–Trinajstić information content (AvgIpc) is 3.07. The van der Waals surface area contributed by atoms with Crippen LogP contribution in [0.15, 0.2) is 58.7 Å². The molecule has 0 bridgehead atoms. The first-order chi connectivity index (χ1) is 13.0. The van der Waals surface area contributed by atoms with E-state index in [-0.39, 0.29) is 17.1 Å². The van der Waals surface area contributed by atoms with Crippen LogP contribution in [0.3, 0.4) is 0 Å². The molecule has 0 amide bonds. The van der Waals surface area contributed by atoms with Gasteiger partial charge in [0.15, 0.2) is 0 Å². The van der Waals surface area contributed by atoms with E-state index in [9.17, 15) is 19.3 Å². The summed E-state index contributed by atoms with van der Waals surface area (Å²) in [5.74, 6) is 0.143. The summed E-state index contributed by atoms with van der Waals surface area (Å²) in [5.41, 5.74) is 2.01. The van der Waals surface area contributed by atoms with Crippen molar-refractivity contribution in [3.63, 3.8) is 0 Å². The second-order valence-corrected chi connectivity index (χ2v) is 6.81. The van der Waals surface area contributed by atoms with Crippen molar-refractivity contribution in [1.29, 1.82) is 0 Å². The van der Waals surface area contributed by atoms with Crippen LogP contribution in [-0.4, -0.2) is 14.9 Å². The lowest BCUT2D eigenvalue weighted by Gasteiger charge is -2.03. The Balaban J connectivity index is 1.69. The molecule has 27 heavy (non-hydrogen) atoms. The zero-order chi connectivity index (χ0) is 19.0. The summed E-state index contributed by atoms with van der Waals surface area (Å²) in [4.78, 5) is 30.7. The molecule has 2 heterocycles. The average molecular weight is 381 g/mol. The summed E-state index contributed by atoms with van der Waals surface area (Å²) in [7, 11) is 0. The van der Waals surface area contributed by atoms with Gasteiger partial charge in [0.1, 0.15) is 16.5 Å². The molecular formula is C19H12FN3O3S. The monoisotopic (exact) mass is 381 g/mol. The van der Waals surface area contributed by atoms with Crippen LogP contribution in [0.1, 0.15) is 11.4 Å². The molecule has 8 heteroatoms. The summed E-state index contributed by atoms with van der Waals surface area (Å²) in [5, 5.41) is 13.0. The first-order valence-corrected chi connectivity index (χ1v) is 8.89. The van der Waals surface area contributed by atoms with Gasteiger partial charge in [0.2, 0.25) is 0 Å². The Morgan fingerprint density at radius 1 is 1.11 bits per heavy atom. The summed E-state index contributed by atoms with van der Waals surface area (Å²) in [6.45, 7) is 0. The van der Waals surface area contributed by atoms with Crippen molar-refractivity contribution in [3.8, 4) is 11.1 Å². The lowest BCUT2D eigenvalue weighted by Crippen LogP contribution is -2.11. The smallest absolute Gasteiger partial charge is 0.269 e. The number of H-pyrrole nitrogens is 1. The molecule has 0 fully saturated rings. The summed E-state index contributed by atoms with van der Waals surface area (Å²) in [6, 6.07) is 12.1. The number of aromatic nitrogens is 2. The fourth-order valence-electron chi connectivity index (χ4n) is 2.85. The Kier molecular flexibility index (Phi) is 4.25. The van der Waals surface area contributed by atoms with Gasteiger partial charge < -0.3 is 4.98 Å². The number of thiophene rings is 1. The molecule has 2 aromatic carbocycles. The third-order valence-electron chi connectivity index (χ3n) is 4.17. The van der Waals surface area contributed by atoms with Crippen LogP contribution in [0.25, 0.3) is 21.3 Å². The van der Waals surface area contributed by atoms with Gasteiger partial charge in [0.05, 0.1) is 10.3 Å². The largest absolute Gasteiger partial charge is 0.310 e. The Morgan fingerprint density at radius 2 is 1.81 bits per heavy atom. The van der Waals surface area contributed by atoms with Crippen molar-refractivity contribution in [3.05, 3.63) is 91.6 Å². The number of hydrogen-bond donors (Lipinski definition) is 1. The number of nitrogens with one attached hydrogen (secondary N) is 1. The highest BCUT2D eigenvalue weighted by atomic mass is 32.1. The second-order valence-electron chi connectivity index (χ2n) is 5.95. The topological polar surface area (TPSA) is 88.9 Å². The van der Waals surface area contributed by atoms with Gasteiger partial charge in [-0.05, 0) is 23.3 Å². The molecule has 0 saturated carbocycles. The van der Waals surface area contributed by atoms with Crippen LogP contribution in [0.2, 0.25) is 0 Å². The highest BCUT2D eigenvalue weighted by Crippen LogP contribution is 2.30. The van der Waals surface area contributed by atoms with Gasteiger partial charge in [-0.15, -0.1) is 11.3 Å². The predicted molar refractivity (Wildman–Crippen MR) is 102 cm³/mol. The SMILES string of the molecule is O=c1[nH]c(Cc2ccc([N+](=O)[O-])cc2)nc2scc(-c3ccc(F)cc3)c12. The fourth-order valence-corrected chi connectivity index (χ4v) is 3.81. The van der Waals surface area contributed by atoms with E-state index in [2.05, 4.69) is 9.97 Å². The van der Waals surface area contributed by atoms with Gasteiger partial charge in [-0.25, -0.2) is 9.37 Å². The molecular weight excluding hydrogens is 369 g/mol. The number of fused-ring (bicyclic) bond motifs is 1. The molecule has 0 spiro atoms. The van der Waals surface area contributed by atoms with Crippen LogP contribution in [0.4, 0.5) is 10.1 Å². The molecule has 134 valence electrons. The van der Waals surface area contributed by atoms with Crippen molar-refractivity contribution in [2.75, 3.05) is 0 Å². The van der Waals surface area contributed by atoms with E-state index < -0.39 is 4.92 Å². The third kappa shape index (κ3) is 3.34. The van der Waals surface area contributed by atoms with Crippen molar-refractivity contribution in [2.45, 2.75) is 6.42 Å². The molecule has 6 nitrogen and oxygen atoms in total. The standard InChI is InChI=1S/C19H12FN3O3S/c20-13-5-3-12(4-6-13)15-10-27-19-17(15)18(24)21-16(22-19)9-11-1-7-14(8-2-11)23(25)26/h1-8,10H,9H2,(H,21,22,24). The first-order valence-electron chi connectivity index (χ1n) is 8.01. The molecule has 0 unspecified atom stereocenters. The highest BCUT2D eigenvalue weighted by molar-refractivity contribution is 7.17. The zero-order valence-corrected chi connectivity index (χ0v) is 14.6. The number of aromatic amines is 1. The van der Waals surface area contributed by atoms with Crippen LogP contribution in [0.5, 0.6) is 0 Å². The molecule has 4 aromatic rings. The van der Waals surface area contributed by atoms with E-state index in [4.69, 9.17) is 0 Å². The number of benzene rings is 2. The van der Waals surface area contributed by atoms with Crippen molar-refractivity contribution in [2.24, 2.45) is 0 Å². The van der Waals surface area contributed by atoms with Gasteiger partial charge in [0.25, 0.3) is 11.2 Å². The second kappa shape index (κ2) is 6.73. The normalized spacial score (nSPS) is 11.0. The molecule has 0 radical (unpaired) electrons. The van der Waals surface area contributed by atoms with Gasteiger partial charge in [-0.1, -0.05) is 24.3 Å². The third-order valence-corrected chi connectivity index (χ3v) is 5.04. The van der Waals surface area contributed by atoms with Crippen molar-refractivity contribution < 1.29 is 9.31 Å². The number of non-ortho nitro benzene ring substituents is 1. The number of nitro groups is 1. The van der Waals surface area contributed by atoms with Gasteiger partial charge in [0, 0.05) is 29.5 Å². The number of hydrogen-bond acceptors (Lipinski definition) is 5. The molecule has 0 aliphatic carbocycles. The first kappa shape index (κ1) is 17.0. The maximum Gasteiger partial charge on any atom is 0.269 e. The molecule has 1 N–H and O–H groups in total. The summed E-state index contributed by atoms with van der Waals surface area (Å²) >= 11 is 1.34. The quantitative estimate of drug-likeness (QED) is 0.422. The molecule has 2 aromatic heterocycles. The van der Waals surface area contributed by atoms with E-state index in [1.54, 1.807) is 24.3 Å². The number of halogens is 1. The zero-order valence-electron chi connectivity index (χ0n) is 13.8. The van der Waals surface area contributed by atoms with E-state index >= 15 is 0 Å². The van der Waals surface area contributed by atoms with Gasteiger partial charge in [-0.3, -0.25) is 14.9 Å². The lowest BCUT2D eigenvalue weighted by molar-refractivity contribution is -0.384. The Bertz CT molecular complexity index is 1200. The molecule has 0 aliphatic heterocycles. The minimum Gasteiger partial charge on any atom is -0.310 e. The van der Waals surface area contributed by atoms with Crippen LogP contribution in [-0.2, 0) is 6.42 Å². The van der Waals surface area contributed by atoms with Gasteiger partial charge in [-0.2, -0.15) is 0 Å². The summed E-state index contributed by atoms with van der Waals surface area (Å²) < 4.78 is 13.1. The van der Waals surface area contributed by atoms with Crippen LogP contribution in [0, 0.1) is 15.9 Å². The highest BCUT2D eigenvalue weighted by Gasteiger charge is 2.13. The lowest BCUT2D eigenvalue weighted by atomic mass is 10.1. The Morgan fingerprint density at radius 3 is 2.48 bits per heavy atom. The Labute approximate surface area is 156 Å². The molecule has 0 saturated heterocycles. The number of nitro benzene ring substituents is 1. The van der Waals surface area contributed by atoms with E-state index in [1.807, 2.05) is 5.38 Å². The maximum atomic E-state index is 13.1. The molecule has 0 aliphatic rings. The Hall–Kier alpha value is -3.39. The van der Waals surface area contributed by atoms with E-state index in [0.717, 1.165) is 11.1 Å². The summed E-state index contributed by atoms with van der Waals surface area (Å²) in [6.07, 6.45) is 0.354. The van der Waals surface area contributed by atoms with Gasteiger partial charge >= 0.3 is 0 Å². The molecule has 4 rings (SSSR count). The minimum absolute atomic E-state index is 0.0119. The van der Waals surface area contributed by atoms with E-state index in [0.29, 0.717) is 28.0 Å². The minimum atomic E-state index is -0.460.